The van der Waals surface area contributed by atoms with Crippen LogP contribution in [-0.4, -0.2) is 24.7 Å². The maximum atomic E-state index is 9.61. The Labute approximate surface area is 80.9 Å². The van der Waals surface area contributed by atoms with Crippen LogP contribution in [0.1, 0.15) is 0 Å². The van der Waals surface area contributed by atoms with E-state index in [2.05, 4.69) is 10.8 Å². The predicted octanol–water partition coefficient (Wildman–Crippen LogP) is -3.46. The number of hydrogen-bond acceptors (Lipinski definition) is 5. The predicted molar refractivity (Wildman–Crippen MR) is 27.4 cm³/mol. The SMILES string of the molecule is C=C(O)COS(=O)(=O)[O-].[Na+]. The topological polar surface area (TPSA) is 86.7 Å². The van der Waals surface area contributed by atoms with Gasteiger partial charge in [-0.2, -0.15) is 0 Å². The van der Waals surface area contributed by atoms with Gasteiger partial charge in [-0.3, -0.25) is 4.18 Å². The van der Waals surface area contributed by atoms with Gasteiger partial charge in [-0.1, -0.05) is 6.58 Å². The summed E-state index contributed by atoms with van der Waals surface area (Å²) >= 11 is 0. The quantitative estimate of drug-likeness (QED) is 0.209. The maximum Gasteiger partial charge on any atom is 1.00 e. The smallest absolute Gasteiger partial charge is 0.726 e. The van der Waals surface area contributed by atoms with Gasteiger partial charge in [-0.25, -0.2) is 8.42 Å². The molecule has 0 spiro atoms. The van der Waals surface area contributed by atoms with Crippen molar-refractivity contribution in [2.45, 2.75) is 0 Å². The molecule has 7 heteroatoms. The Balaban J connectivity index is 0. The van der Waals surface area contributed by atoms with Crippen LogP contribution in [0, 0.1) is 0 Å². The minimum Gasteiger partial charge on any atom is -0.726 e. The molecule has 0 aliphatic carbocycles. The molecule has 0 saturated carbocycles. The number of aliphatic hydroxyl groups is 1. The van der Waals surface area contributed by atoms with E-state index in [0.717, 1.165) is 0 Å². The number of rotatable bonds is 3. The molecule has 0 bridgehead atoms. The van der Waals surface area contributed by atoms with E-state index in [1.807, 2.05) is 0 Å². The molecular formula is C3H5NaO5S. The summed E-state index contributed by atoms with van der Waals surface area (Å²) in [5.74, 6) is -0.505. The van der Waals surface area contributed by atoms with Crippen molar-refractivity contribution in [1.82, 2.24) is 0 Å². The van der Waals surface area contributed by atoms with Gasteiger partial charge in [0.1, 0.15) is 12.4 Å². The molecule has 5 nitrogen and oxygen atoms in total. The first-order valence-corrected chi connectivity index (χ1v) is 3.22. The first kappa shape index (κ1) is 13.0. The van der Waals surface area contributed by atoms with Crippen LogP contribution in [0.25, 0.3) is 0 Å². The fraction of sp³-hybridized carbons (Fsp3) is 0.333. The Hall–Kier alpha value is 0.410. The Morgan fingerprint density at radius 2 is 2.10 bits per heavy atom. The Morgan fingerprint density at radius 1 is 1.70 bits per heavy atom. The largest absolute Gasteiger partial charge is 1.00 e. The van der Waals surface area contributed by atoms with E-state index in [4.69, 9.17) is 5.11 Å². The molecule has 0 aliphatic rings. The van der Waals surface area contributed by atoms with Crippen molar-refractivity contribution in [1.29, 1.82) is 0 Å². The summed E-state index contributed by atoms with van der Waals surface area (Å²) < 4.78 is 32.4. The van der Waals surface area contributed by atoms with Crippen molar-refractivity contribution in [2.24, 2.45) is 0 Å². The van der Waals surface area contributed by atoms with Crippen LogP contribution < -0.4 is 29.6 Å². The fourth-order valence-corrected chi connectivity index (χ4v) is 0.421. The average Bonchev–Trinajstić information content (AvgIpc) is 1.59. The van der Waals surface area contributed by atoms with Gasteiger partial charge in [0.2, 0.25) is 10.4 Å². The van der Waals surface area contributed by atoms with Gasteiger partial charge in [0.15, 0.2) is 0 Å². The summed E-state index contributed by atoms with van der Waals surface area (Å²) in [6.45, 7) is 2.21. The van der Waals surface area contributed by atoms with Crippen LogP contribution in [0.5, 0.6) is 0 Å². The molecule has 0 fully saturated rings. The van der Waals surface area contributed by atoms with Crippen LogP contribution in [0.3, 0.4) is 0 Å². The third kappa shape index (κ3) is 11.2. The van der Waals surface area contributed by atoms with Gasteiger partial charge in [-0.15, -0.1) is 0 Å². The monoisotopic (exact) mass is 176 g/mol. The standard InChI is InChI=1S/C3H6O5S.Na/c1-3(4)2-8-9(5,6)7;/h4H,1-2H2,(H,5,6,7);/q;+1/p-1. The van der Waals surface area contributed by atoms with Gasteiger partial charge < -0.3 is 9.66 Å². The molecule has 0 saturated heterocycles. The van der Waals surface area contributed by atoms with E-state index in [1.54, 1.807) is 0 Å². The Kier molecular flexibility index (Phi) is 6.66. The summed E-state index contributed by atoms with van der Waals surface area (Å²) in [6.07, 6.45) is 0. The van der Waals surface area contributed by atoms with E-state index in [-0.39, 0.29) is 29.6 Å². The molecule has 0 aliphatic heterocycles. The summed E-state index contributed by atoms with van der Waals surface area (Å²) in [4.78, 5) is 0. The van der Waals surface area contributed by atoms with Crippen LogP contribution in [-0.2, 0) is 14.6 Å². The van der Waals surface area contributed by atoms with Crippen molar-refractivity contribution in [3.05, 3.63) is 12.3 Å². The number of aliphatic hydroxyl groups excluding tert-OH is 1. The van der Waals surface area contributed by atoms with E-state index >= 15 is 0 Å². The number of hydrogen-bond donors (Lipinski definition) is 1. The molecule has 0 unspecified atom stereocenters. The summed E-state index contributed by atoms with van der Waals surface area (Å²) in [5, 5.41) is 8.19. The molecule has 0 heterocycles. The van der Waals surface area contributed by atoms with Crippen LogP contribution >= 0.6 is 0 Å². The third-order valence-electron chi connectivity index (χ3n) is 0.370. The molecule has 0 atom stereocenters. The second kappa shape index (κ2) is 5.11. The molecule has 0 aromatic rings. The zero-order valence-corrected chi connectivity index (χ0v) is 8.22. The average molecular weight is 176 g/mol. The second-order valence-corrected chi connectivity index (χ2v) is 2.29. The summed E-state index contributed by atoms with van der Waals surface area (Å²) in [6, 6.07) is 0. The van der Waals surface area contributed by atoms with Crippen LogP contribution in [0.15, 0.2) is 12.3 Å². The van der Waals surface area contributed by atoms with Gasteiger partial charge in [0.25, 0.3) is 0 Å². The molecule has 0 rings (SSSR count). The van der Waals surface area contributed by atoms with Crippen molar-refractivity contribution < 1.29 is 51.8 Å². The molecule has 0 aromatic heterocycles. The third-order valence-corrected chi connectivity index (χ3v) is 0.776. The van der Waals surface area contributed by atoms with Crippen LogP contribution in [0.2, 0.25) is 0 Å². The van der Waals surface area contributed by atoms with Crippen molar-refractivity contribution >= 4 is 10.4 Å². The van der Waals surface area contributed by atoms with Gasteiger partial charge in [0.05, 0.1) is 0 Å². The van der Waals surface area contributed by atoms with Gasteiger partial charge in [0, 0.05) is 0 Å². The molecule has 54 valence electrons. The van der Waals surface area contributed by atoms with E-state index in [0.29, 0.717) is 0 Å². The normalized spacial score (nSPS) is 10.1. The van der Waals surface area contributed by atoms with Crippen LogP contribution in [0.4, 0.5) is 0 Å². The van der Waals surface area contributed by atoms with E-state index in [9.17, 15) is 13.0 Å². The molecule has 10 heavy (non-hydrogen) atoms. The molecule has 1 N–H and O–H groups in total. The first-order valence-electron chi connectivity index (χ1n) is 1.89. The molecule has 0 amide bonds. The van der Waals surface area contributed by atoms with E-state index in [1.165, 1.54) is 0 Å². The van der Waals surface area contributed by atoms with Crippen molar-refractivity contribution in [3.8, 4) is 0 Å². The minimum absolute atomic E-state index is 0. The van der Waals surface area contributed by atoms with Gasteiger partial charge in [-0.05, 0) is 0 Å². The maximum absolute atomic E-state index is 9.61. The fourth-order valence-electron chi connectivity index (χ4n) is 0.140. The summed E-state index contributed by atoms with van der Waals surface area (Å²) in [7, 11) is -4.69. The molecule has 0 aromatic carbocycles. The zero-order chi connectivity index (χ0) is 7.49. The Bertz CT molecular complexity index is 195. The minimum atomic E-state index is -4.69. The van der Waals surface area contributed by atoms with E-state index < -0.39 is 22.8 Å². The first-order chi connectivity index (χ1) is 3.92. The summed E-state index contributed by atoms with van der Waals surface area (Å²) in [5.41, 5.74) is 0. The van der Waals surface area contributed by atoms with Crippen molar-refractivity contribution in [2.75, 3.05) is 6.61 Å². The molecular weight excluding hydrogens is 171 g/mol. The Morgan fingerprint density at radius 3 is 2.20 bits per heavy atom. The van der Waals surface area contributed by atoms with Crippen molar-refractivity contribution in [3.63, 3.8) is 0 Å². The van der Waals surface area contributed by atoms with Gasteiger partial charge >= 0.3 is 29.6 Å². The molecule has 0 radical (unpaired) electrons. The second-order valence-electron chi connectivity index (χ2n) is 1.24. The zero-order valence-electron chi connectivity index (χ0n) is 5.40.